The number of aromatic amines is 1. The molecule has 2 amide bonds. The molecule has 3 N–H and O–H groups in total. The van der Waals surface area contributed by atoms with Crippen molar-refractivity contribution in [3.8, 4) is 11.4 Å². The Kier molecular flexibility index (Phi) is 6.33. The molecule has 0 aliphatic heterocycles. The minimum absolute atomic E-state index is 0.161. The number of benzene rings is 1. The number of amides is 2. The van der Waals surface area contributed by atoms with Gasteiger partial charge >= 0.3 is 6.03 Å². The molecule has 134 valence electrons. The van der Waals surface area contributed by atoms with Crippen LogP contribution in [0.4, 0.5) is 10.5 Å². The van der Waals surface area contributed by atoms with Gasteiger partial charge < -0.3 is 10.6 Å². The molecule has 1 aromatic carbocycles. The zero-order valence-corrected chi connectivity index (χ0v) is 15.4. The molecule has 0 spiro atoms. The highest BCUT2D eigenvalue weighted by atomic mass is 32.2. The molecule has 1 saturated carbocycles. The van der Waals surface area contributed by atoms with Crippen molar-refractivity contribution in [2.24, 2.45) is 0 Å². The Hall–Kier alpha value is -2.02. The Morgan fingerprint density at radius 1 is 1.24 bits per heavy atom. The molecule has 6 nitrogen and oxygen atoms in total. The molecule has 0 saturated heterocycles. The van der Waals surface area contributed by atoms with Crippen molar-refractivity contribution in [1.29, 1.82) is 0 Å². The minimum Gasteiger partial charge on any atom is -0.337 e. The third-order valence-electron chi connectivity index (χ3n) is 4.29. The maximum Gasteiger partial charge on any atom is 0.319 e. The summed E-state index contributed by atoms with van der Waals surface area (Å²) in [6.45, 7) is 2.56. The predicted octanol–water partition coefficient (Wildman–Crippen LogP) is 3.97. The quantitative estimate of drug-likeness (QED) is 0.682. The molecule has 2 aromatic rings. The summed E-state index contributed by atoms with van der Waals surface area (Å²) in [7, 11) is 0. The van der Waals surface area contributed by atoms with Crippen molar-refractivity contribution >= 4 is 23.5 Å². The van der Waals surface area contributed by atoms with Crippen molar-refractivity contribution in [2.45, 2.75) is 44.3 Å². The normalized spacial score (nSPS) is 15.1. The Morgan fingerprint density at radius 3 is 2.68 bits per heavy atom. The number of hydrogen-bond donors (Lipinski definition) is 3. The Bertz CT molecular complexity index is 679. The van der Waals surface area contributed by atoms with Gasteiger partial charge in [-0.2, -0.15) is 16.9 Å². The van der Waals surface area contributed by atoms with Crippen LogP contribution in [0.3, 0.4) is 0 Å². The van der Waals surface area contributed by atoms with E-state index in [1.165, 1.54) is 32.1 Å². The summed E-state index contributed by atoms with van der Waals surface area (Å²) in [5.74, 6) is 2.41. The molecular formula is C18H25N5OS. The highest BCUT2D eigenvalue weighted by Gasteiger charge is 2.13. The summed E-state index contributed by atoms with van der Waals surface area (Å²) in [5, 5.41) is 13.5. The number of H-pyrrole nitrogens is 1. The van der Waals surface area contributed by atoms with Crippen molar-refractivity contribution in [3.63, 3.8) is 0 Å². The lowest BCUT2D eigenvalue weighted by Gasteiger charge is -2.20. The van der Waals surface area contributed by atoms with E-state index >= 15 is 0 Å². The molecular weight excluding hydrogens is 334 g/mol. The number of carbonyl (C=O) groups is 1. The summed E-state index contributed by atoms with van der Waals surface area (Å²) < 4.78 is 0. The second-order valence-electron chi connectivity index (χ2n) is 6.33. The molecule has 3 rings (SSSR count). The minimum atomic E-state index is -0.161. The maximum atomic E-state index is 12.0. The van der Waals surface area contributed by atoms with Crippen LogP contribution in [0, 0.1) is 6.92 Å². The Labute approximate surface area is 152 Å². The maximum absolute atomic E-state index is 12.0. The molecule has 1 heterocycles. The van der Waals surface area contributed by atoms with Crippen molar-refractivity contribution in [2.75, 3.05) is 17.6 Å². The second-order valence-corrected chi connectivity index (χ2v) is 7.74. The molecule has 0 atom stereocenters. The average molecular weight is 359 g/mol. The fraction of sp³-hybridized carbons (Fsp3) is 0.500. The lowest BCUT2D eigenvalue weighted by atomic mass is 10.0. The summed E-state index contributed by atoms with van der Waals surface area (Å²) >= 11 is 1.99. The van der Waals surface area contributed by atoms with Crippen molar-refractivity contribution in [1.82, 2.24) is 20.5 Å². The average Bonchev–Trinajstić information content (AvgIpc) is 3.07. The topological polar surface area (TPSA) is 82.7 Å². The van der Waals surface area contributed by atoms with Gasteiger partial charge in [0, 0.05) is 28.8 Å². The standard InChI is InChI=1S/C18H25N5OS/c1-13-20-17(23-22-13)14-7-9-15(10-8-14)21-18(24)19-11-12-25-16-5-3-2-4-6-16/h7-10,16H,2-6,11-12H2,1H3,(H2,19,21,24)(H,20,22,23). The van der Waals surface area contributed by atoms with E-state index in [4.69, 9.17) is 0 Å². The smallest absolute Gasteiger partial charge is 0.319 e. The molecule has 7 heteroatoms. The zero-order valence-electron chi connectivity index (χ0n) is 14.5. The van der Waals surface area contributed by atoms with Gasteiger partial charge in [-0.25, -0.2) is 9.78 Å². The molecule has 0 unspecified atom stereocenters. The van der Waals surface area contributed by atoms with Crippen molar-refractivity contribution < 1.29 is 4.79 Å². The third-order valence-corrected chi connectivity index (χ3v) is 5.67. The Morgan fingerprint density at radius 2 is 2.00 bits per heavy atom. The van der Waals surface area contributed by atoms with Gasteiger partial charge in [0.25, 0.3) is 0 Å². The number of nitrogens with zero attached hydrogens (tertiary/aromatic N) is 2. The first-order valence-electron chi connectivity index (χ1n) is 8.86. The molecule has 1 fully saturated rings. The van der Waals surface area contributed by atoms with Gasteiger partial charge in [0.1, 0.15) is 5.82 Å². The highest BCUT2D eigenvalue weighted by Crippen LogP contribution is 2.27. The first-order valence-corrected chi connectivity index (χ1v) is 9.91. The molecule has 1 aliphatic rings. The van der Waals surface area contributed by atoms with Crippen LogP contribution in [0.25, 0.3) is 11.4 Å². The summed E-state index contributed by atoms with van der Waals surface area (Å²) in [5.41, 5.74) is 1.67. The number of carbonyl (C=O) groups excluding carboxylic acids is 1. The number of aryl methyl sites for hydroxylation is 1. The first-order chi connectivity index (χ1) is 12.2. The van der Waals surface area contributed by atoms with Gasteiger partial charge in [-0.1, -0.05) is 19.3 Å². The van der Waals surface area contributed by atoms with Crippen LogP contribution >= 0.6 is 11.8 Å². The van der Waals surface area contributed by atoms with Crippen LogP contribution < -0.4 is 10.6 Å². The number of anilines is 1. The number of nitrogens with one attached hydrogen (secondary N) is 3. The van der Waals surface area contributed by atoms with E-state index in [2.05, 4.69) is 25.8 Å². The molecule has 1 aromatic heterocycles. The summed E-state index contributed by atoms with van der Waals surface area (Å²) in [4.78, 5) is 16.3. The van der Waals surface area contributed by atoms with Crippen LogP contribution in [0.2, 0.25) is 0 Å². The van der Waals surface area contributed by atoms with Gasteiger partial charge in [-0.05, 0) is 44.0 Å². The van der Waals surface area contributed by atoms with E-state index in [0.717, 1.165) is 28.1 Å². The van der Waals surface area contributed by atoms with Gasteiger partial charge in [0.2, 0.25) is 0 Å². The predicted molar refractivity (Wildman–Crippen MR) is 103 cm³/mol. The summed E-state index contributed by atoms with van der Waals surface area (Å²) in [6.07, 6.45) is 6.75. The third kappa shape index (κ3) is 5.49. The molecule has 25 heavy (non-hydrogen) atoms. The van der Waals surface area contributed by atoms with Gasteiger partial charge in [-0.15, -0.1) is 0 Å². The second kappa shape index (κ2) is 8.89. The number of aromatic nitrogens is 3. The van der Waals surface area contributed by atoms with Gasteiger partial charge in [0.05, 0.1) is 0 Å². The molecule has 0 radical (unpaired) electrons. The van der Waals surface area contributed by atoms with E-state index in [1.54, 1.807) is 0 Å². The molecule has 0 bridgehead atoms. The number of rotatable bonds is 6. The van der Waals surface area contributed by atoms with Crippen LogP contribution in [-0.2, 0) is 0 Å². The fourth-order valence-corrected chi connectivity index (χ4v) is 4.19. The fourth-order valence-electron chi connectivity index (χ4n) is 2.97. The van der Waals surface area contributed by atoms with Crippen LogP contribution in [0.5, 0.6) is 0 Å². The van der Waals surface area contributed by atoms with E-state index in [0.29, 0.717) is 12.4 Å². The van der Waals surface area contributed by atoms with E-state index in [9.17, 15) is 4.79 Å². The first kappa shape index (κ1) is 17.8. The van der Waals surface area contributed by atoms with Crippen LogP contribution in [0.15, 0.2) is 24.3 Å². The van der Waals surface area contributed by atoms with Crippen LogP contribution in [-0.4, -0.2) is 38.8 Å². The monoisotopic (exact) mass is 359 g/mol. The zero-order chi connectivity index (χ0) is 17.5. The lowest BCUT2D eigenvalue weighted by molar-refractivity contribution is 0.252. The number of urea groups is 1. The largest absolute Gasteiger partial charge is 0.337 e. The SMILES string of the molecule is Cc1nc(-c2ccc(NC(=O)NCCSC3CCCCC3)cc2)n[nH]1. The lowest BCUT2D eigenvalue weighted by Crippen LogP contribution is -2.30. The van der Waals surface area contributed by atoms with E-state index < -0.39 is 0 Å². The van der Waals surface area contributed by atoms with E-state index in [1.807, 2.05) is 43.0 Å². The van der Waals surface area contributed by atoms with Gasteiger partial charge in [0.15, 0.2) is 5.82 Å². The van der Waals surface area contributed by atoms with Crippen molar-refractivity contribution in [3.05, 3.63) is 30.1 Å². The van der Waals surface area contributed by atoms with E-state index in [-0.39, 0.29) is 6.03 Å². The van der Waals surface area contributed by atoms with Gasteiger partial charge in [-0.3, -0.25) is 5.10 Å². The highest BCUT2D eigenvalue weighted by molar-refractivity contribution is 7.99. The molecule has 1 aliphatic carbocycles. The number of thioether (sulfide) groups is 1. The number of hydrogen-bond acceptors (Lipinski definition) is 4. The Balaban J connectivity index is 1.38. The summed E-state index contributed by atoms with van der Waals surface area (Å²) in [6, 6.07) is 7.36. The van der Waals surface area contributed by atoms with Crippen LogP contribution in [0.1, 0.15) is 37.9 Å².